The van der Waals surface area contributed by atoms with Gasteiger partial charge in [0.25, 0.3) is 5.91 Å². The number of carbonyl (C=O) groups is 1. The number of rotatable bonds is 7. The second-order valence-corrected chi connectivity index (χ2v) is 8.60. The number of benzene rings is 1. The maximum atomic E-state index is 12.5. The summed E-state index contributed by atoms with van der Waals surface area (Å²) in [7, 11) is 0. The van der Waals surface area contributed by atoms with Gasteiger partial charge in [-0.15, -0.1) is 11.3 Å². The summed E-state index contributed by atoms with van der Waals surface area (Å²) in [4.78, 5) is 20.7. The summed E-state index contributed by atoms with van der Waals surface area (Å²) in [5, 5.41) is 7.04. The van der Waals surface area contributed by atoms with Gasteiger partial charge in [-0.25, -0.2) is 4.98 Å². The minimum atomic E-state index is -0.0812. The molecule has 6 heteroatoms. The molecule has 0 radical (unpaired) electrons. The van der Waals surface area contributed by atoms with Crippen molar-refractivity contribution in [2.75, 3.05) is 25.0 Å². The fraction of sp³-hybridized carbons (Fsp3) is 0.524. The number of aromatic nitrogens is 1. The molecule has 2 N–H and O–H groups in total. The van der Waals surface area contributed by atoms with Crippen LogP contribution >= 0.6 is 11.3 Å². The van der Waals surface area contributed by atoms with Crippen LogP contribution in [0.15, 0.2) is 30.5 Å². The molecular formula is C21H28N4OS. The minimum absolute atomic E-state index is 0.0812. The van der Waals surface area contributed by atoms with Crippen LogP contribution in [0, 0.1) is 0 Å². The smallest absolute Gasteiger partial charge is 0.257 e. The summed E-state index contributed by atoms with van der Waals surface area (Å²) >= 11 is 1.61. The third-order valence-corrected chi connectivity index (χ3v) is 6.63. The highest BCUT2D eigenvalue weighted by molar-refractivity contribution is 7.15. The van der Waals surface area contributed by atoms with E-state index in [1.165, 1.54) is 23.3 Å². The number of hydrogen-bond donors (Lipinski definition) is 2. The van der Waals surface area contributed by atoms with Crippen molar-refractivity contribution in [3.8, 4) is 0 Å². The zero-order valence-electron chi connectivity index (χ0n) is 15.9. The van der Waals surface area contributed by atoms with E-state index in [2.05, 4.69) is 39.6 Å². The van der Waals surface area contributed by atoms with Crippen LogP contribution in [0.3, 0.4) is 0 Å². The molecule has 1 aromatic carbocycles. The monoisotopic (exact) mass is 384 g/mol. The van der Waals surface area contributed by atoms with E-state index in [0.717, 1.165) is 45.1 Å². The van der Waals surface area contributed by atoms with E-state index in [1.807, 2.05) is 18.3 Å². The van der Waals surface area contributed by atoms with Crippen molar-refractivity contribution in [2.45, 2.75) is 51.1 Å². The molecule has 4 rings (SSSR count). The van der Waals surface area contributed by atoms with E-state index in [0.29, 0.717) is 16.6 Å². The standard InChI is InChI=1S/C21H28N4OS/c1-2-25(18-7-8-18)14-15-3-5-17(6-4-15)20(26)24-21-23-13-19(27-21)16-9-11-22-12-10-16/h3-6,13,16,18,22H,2,7-12,14H2,1H3,(H,23,24,26). The summed E-state index contributed by atoms with van der Waals surface area (Å²) in [6.45, 7) is 6.39. The number of nitrogens with one attached hydrogen (secondary N) is 2. The van der Waals surface area contributed by atoms with Crippen molar-refractivity contribution in [1.82, 2.24) is 15.2 Å². The van der Waals surface area contributed by atoms with Crippen molar-refractivity contribution >= 4 is 22.4 Å². The number of amides is 1. The predicted octanol–water partition coefficient (Wildman–Crippen LogP) is 3.85. The molecule has 1 saturated carbocycles. The Morgan fingerprint density at radius 3 is 2.63 bits per heavy atom. The van der Waals surface area contributed by atoms with E-state index < -0.39 is 0 Å². The van der Waals surface area contributed by atoms with Crippen molar-refractivity contribution < 1.29 is 4.79 Å². The third-order valence-electron chi connectivity index (χ3n) is 5.56. The fourth-order valence-corrected chi connectivity index (χ4v) is 4.72. The second-order valence-electron chi connectivity index (χ2n) is 7.54. The lowest BCUT2D eigenvalue weighted by Crippen LogP contribution is -2.26. The van der Waals surface area contributed by atoms with Gasteiger partial charge in [0.1, 0.15) is 0 Å². The molecule has 0 bridgehead atoms. The second kappa shape index (κ2) is 8.50. The number of carbonyl (C=O) groups excluding carboxylic acids is 1. The molecule has 2 heterocycles. The molecule has 1 amide bonds. The van der Waals surface area contributed by atoms with Gasteiger partial charge in [-0.3, -0.25) is 15.0 Å². The Labute approximate surface area is 165 Å². The van der Waals surface area contributed by atoms with Gasteiger partial charge in [0.15, 0.2) is 5.13 Å². The van der Waals surface area contributed by atoms with Crippen molar-refractivity contribution in [1.29, 1.82) is 0 Å². The van der Waals surface area contributed by atoms with Gasteiger partial charge in [0.05, 0.1) is 0 Å². The maximum Gasteiger partial charge on any atom is 0.257 e. The zero-order valence-corrected chi connectivity index (χ0v) is 16.7. The molecular weight excluding hydrogens is 356 g/mol. The normalized spacial score (nSPS) is 18.0. The number of nitrogens with zero attached hydrogens (tertiary/aromatic N) is 2. The lowest BCUT2D eigenvalue weighted by atomic mass is 9.97. The van der Waals surface area contributed by atoms with Gasteiger partial charge < -0.3 is 5.32 Å². The van der Waals surface area contributed by atoms with E-state index in [9.17, 15) is 4.79 Å². The van der Waals surface area contributed by atoms with Gasteiger partial charge in [-0.1, -0.05) is 19.1 Å². The Morgan fingerprint density at radius 1 is 1.22 bits per heavy atom. The highest BCUT2D eigenvalue weighted by Gasteiger charge is 2.27. The molecule has 1 aliphatic heterocycles. The van der Waals surface area contributed by atoms with Gasteiger partial charge in [-0.05, 0) is 68.9 Å². The molecule has 0 atom stereocenters. The highest BCUT2D eigenvalue weighted by atomic mass is 32.1. The van der Waals surface area contributed by atoms with E-state index in [1.54, 1.807) is 11.3 Å². The molecule has 1 aliphatic carbocycles. The van der Waals surface area contributed by atoms with Crippen molar-refractivity contribution in [2.24, 2.45) is 0 Å². The largest absolute Gasteiger partial charge is 0.317 e. The zero-order chi connectivity index (χ0) is 18.6. The van der Waals surface area contributed by atoms with Crippen LogP contribution in [-0.2, 0) is 6.54 Å². The summed E-state index contributed by atoms with van der Waals surface area (Å²) in [6.07, 6.45) is 6.86. The summed E-state index contributed by atoms with van der Waals surface area (Å²) in [6, 6.07) is 8.75. The van der Waals surface area contributed by atoms with Crippen LogP contribution in [0.1, 0.15) is 59.3 Å². The number of anilines is 1. The molecule has 1 saturated heterocycles. The molecule has 0 unspecified atom stereocenters. The fourth-order valence-electron chi connectivity index (χ4n) is 3.74. The average molecular weight is 385 g/mol. The third kappa shape index (κ3) is 4.75. The van der Waals surface area contributed by atoms with Gasteiger partial charge in [-0.2, -0.15) is 0 Å². The Kier molecular flexibility index (Phi) is 5.86. The van der Waals surface area contributed by atoms with Crippen molar-refractivity contribution in [3.05, 3.63) is 46.5 Å². The summed E-state index contributed by atoms with van der Waals surface area (Å²) in [5.74, 6) is 0.490. The quantitative estimate of drug-likeness (QED) is 0.761. The SMILES string of the molecule is CCN(Cc1ccc(C(=O)Nc2ncc(C3CCNCC3)s2)cc1)C1CC1. The first kappa shape index (κ1) is 18.6. The minimum Gasteiger partial charge on any atom is -0.317 e. The molecule has 144 valence electrons. The van der Waals surface area contributed by atoms with Crippen molar-refractivity contribution in [3.63, 3.8) is 0 Å². The lowest BCUT2D eigenvalue weighted by Gasteiger charge is -2.20. The first-order valence-electron chi connectivity index (χ1n) is 10.0. The van der Waals surface area contributed by atoms with Crippen LogP contribution in [0.25, 0.3) is 0 Å². The maximum absolute atomic E-state index is 12.5. The molecule has 2 fully saturated rings. The molecule has 5 nitrogen and oxygen atoms in total. The average Bonchev–Trinajstić information content (AvgIpc) is 3.45. The Balaban J connectivity index is 1.34. The first-order valence-corrected chi connectivity index (χ1v) is 10.9. The van der Waals surface area contributed by atoms with Crippen LogP contribution in [-0.4, -0.2) is 41.5 Å². The molecule has 1 aromatic heterocycles. The number of thiazole rings is 1. The van der Waals surface area contributed by atoms with Crippen LogP contribution in [0.5, 0.6) is 0 Å². The van der Waals surface area contributed by atoms with E-state index in [4.69, 9.17) is 0 Å². The first-order chi connectivity index (χ1) is 13.2. The van der Waals surface area contributed by atoms with E-state index in [-0.39, 0.29) is 5.91 Å². The molecule has 27 heavy (non-hydrogen) atoms. The van der Waals surface area contributed by atoms with Crippen LogP contribution < -0.4 is 10.6 Å². The predicted molar refractivity (Wildman–Crippen MR) is 110 cm³/mol. The highest BCUT2D eigenvalue weighted by Crippen LogP contribution is 2.32. The summed E-state index contributed by atoms with van der Waals surface area (Å²) < 4.78 is 0. The summed E-state index contributed by atoms with van der Waals surface area (Å²) in [5.41, 5.74) is 1.95. The lowest BCUT2D eigenvalue weighted by molar-refractivity contribution is 0.102. The number of hydrogen-bond acceptors (Lipinski definition) is 5. The van der Waals surface area contributed by atoms with Crippen LogP contribution in [0.2, 0.25) is 0 Å². The van der Waals surface area contributed by atoms with Gasteiger partial charge in [0.2, 0.25) is 0 Å². The molecule has 2 aliphatic rings. The Hall–Kier alpha value is -1.76. The Bertz CT molecular complexity index is 763. The van der Waals surface area contributed by atoms with Gasteiger partial charge >= 0.3 is 0 Å². The Morgan fingerprint density at radius 2 is 1.96 bits per heavy atom. The van der Waals surface area contributed by atoms with Gasteiger partial charge in [0, 0.05) is 29.2 Å². The van der Waals surface area contributed by atoms with Crippen LogP contribution in [0.4, 0.5) is 5.13 Å². The topological polar surface area (TPSA) is 57.3 Å². The van der Waals surface area contributed by atoms with E-state index >= 15 is 0 Å². The molecule has 0 spiro atoms. The number of piperidine rings is 1. The molecule has 2 aromatic rings.